The summed E-state index contributed by atoms with van der Waals surface area (Å²) in [6, 6.07) is 5.87. The molecule has 0 aromatic heterocycles. The van der Waals surface area contributed by atoms with Crippen molar-refractivity contribution in [3.8, 4) is 0 Å². The summed E-state index contributed by atoms with van der Waals surface area (Å²) in [5.74, 6) is -5.54. The number of hydrogen-bond donors (Lipinski definition) is 2. The van der Waals surface area contributed by atoms with E-state index < -0.39 is 29.2 Å². The van der Waals surface area contributed by atoms with Crippen LogP contribution in [0.25, 0.3) is 0 Å². The molecule has 110 valence electrons. The summed E-state index contributed by atoms with van der Waals surface area (Å²) in [5.41, 5.74) is 2.37. The van der Waals surface area contributed by atoms with Crippen LogP contribution in [0.3, 0.4) is 0 Å². The highest BCUT2D eigenvalue weighted by Gasteiger charge is 2.51. The lowest BCUT2D eigenvalue weighted by Crippen LogP contribution is -2.50. The smallest absolute Gasteiger partial charge is 0.267 e. The third kappa shape index (κ3) is 2.95. The van der Waals surface area contributed by atoms with Gasteiger partial charge in [-0.2, -0.15) is 0 Å². The largest absolute Gasteiger partial charge is 0.369 e. The van der Waals surface area contributed by atoms with Gasteiger partial charge in [0.25, 0.3) is 5.91 Å². The second-order valence-electron chi connectivity index (χ2n) is 4.48. The minimum Gasteiger partial charge on any atom is -0.369 e. The first kappa shape index (κ1) is 15.2. The fourth-order valence-electron chi connectivity index (χ4n) is 1.98. The number of nitrogens with one attached hydrogen (secondary N) is 1. The average Bonchev–Trinajstić information content (AvgIpc) is 2.40. The normalized spacial score (nSPS) is 24.3. The van der Waals surface area contributed by atoms with Gasteiger partial charge >= 0.3 is 0 Å². The van der Waals surface area contributed by atoms with Gasteiger partial charge in [0, 0.05) is 10.7 Å². The van der Waals surface area contributed by atoms with Gasteiger partial charge in [-0.05, 0) is 36.4 Å². The van der Waals surface area contributed by atoms with Gasteiger partial charge < -0.3 is 11.1 Å². The molecule has 21 heavy (non-hydrogen) atoms. The Kier molecular flexibility index (Phi) is 4.09. The van der Waals surface area contributed by atoms with Crippen LogP contribution in [0.2, 0.25) is 5.02 Å². The number of primary amides is 1. The Balaban J connectivity index is 2.27. The first-order chi connectivity index (χ1) is 9.84. The van der Waals surface area contributed by atoms with Gasteiger partial charge in [-0.1, -0.05) is 17.7 Å². The van der Waals surface area contributed by atoms with Crippen LogP contribution in [0.4, 0.5) is 14.5 Å². The van der Waals surface area contributed by atoms with Crippen molar-refractivity contribution in [1.82, 2.24) is 0 Å². The maximum Gasteiger partial charge on any atom is 0.267 e. The van der Waals surface area contributed by atoms with E-state index in [9.17, 15) is 18.4 Å². The molecule has 0 radical (unpaired) electrons. The monoisotopic (exact) mass is 312 g/mol. The van der Waals surface area contributed by atoms with E-state index >= 15 is 0 Å². The van der Waals surface area contributed by atoms with E-state index in [2.05, 4.69) is 5.32 Å². The Labute approximate surface area is 124 Å². The Bertz CT molecular complexity index is 643. The van der Waals surface area contributed by atoms with Gasteiger partial charge in [-0.15, -0.1) is 0 Å². The van der Waals surface area contributed by atoms with E-state index in [-0.39, 0.29) is 5.69 Å². The fourth-order valence-corrected chi connectivity index (χ4v) is 2.11. The summed E-state index contributed by atoms with van der Waals surface area (Å²) in [6.45, 7) is 0. The molecule has 0 saturated carbocycles. The van der Waals surface area contributed by atoms with E-state index in [1.165, 1.54) is 24.3 Å². The predicted molar refractivity (Wildman–Crippen MR) is 74.9 cm³/mol. The molecule has 4 nitrogen and oxygen atoms in total. The quantitative estimate of drug-likeness (QED) is 0.900. The molecule has 0 fully saturated rings. The van der Waals surface area contributed by atoms with Gasteiger partial charge in [0.05, 0.1) is 0 Å². The highest BCUT2D eigenvalue weighted by Crippen LogP contribution is 2.35. The van der Waals surface area contributed by atoms with Crippen molar-refractivity contribution >= 4 is 29.1 Å². The summed E-state index contributed by atoms with van der Waals surface area (Å²) in [7, 11) is 0. The van der Waals surface area contributed by atoms with E-state index in [0.29, 0.717) is 5.02 Å². The van der Waals surface area contributed by atoms with Gasteiger partial charge in [-0.25, -0.2) is 8.78 Å². The zero-order chi connectivity index (χ0) is 15.6. The Morgan fingerprint density at radius 3 is 2.48 bits per heavy atom. The lowest BCUT2D eigenvalue weighted by atomic mass is 9.83. The molecule has 2 unspecified atom stereocenters. The molecule has 1 aromatic carbocycles. The molecule has 0 spiro atoms. The van der Waals surface area contributed by atoms with Crippen molar-refractivity contribution in [3.05, 3.63) is 53.3 Å². The van der Waals surface area contributed by atoms with Crippen molar-refractivity contribution in [2.75, 3.05) is 5.32 Å². The molecule has 1 aliphatic carbocycles. The van der Waals surface area contributed by atoms with Crippen LogP contribution in [0.1, 0.15) is 0 Å². The van der Waals surface area contributed by atoms with Crippen molar-refractivity contribution < 1.29 is 18.4 Å². The first-order valence-electron chi connectivity index (χ1n) is 5.95. The maximum absolute atomic E-state index is 14.8. The van der Waals surface area contributed by atoms with E-state index in [1.54, 1.807) is 0 Å². The summed E-state index contributed by atoms with van der Waals surface area (Å²) < 4.78 is 28.4. The minimum atomic E-state index is -2.88. The minimum absolute atomic E-state index is 0.257. The number of allylic oxidation sites excluding steroid dienone is 2. The van der Waals surface area contributed by atoms with Crippen molar-refractivity contribution in [2.45, 2.75) is 5.67 Å². The standard InChI is InChI=1S/C14H11ClF2N2O2/c15-8-3-5-9(6-4-8)19-13(21)14(17)7-1-2-10(16)11(14)12(18)20/h1-7,11H,(H2,18,20)(H,19,21). The van der Waals surface area contributed by atoms with E-state index in [4.69, 9.17) is 17.3 Å². The number of alkyl halides is 1. The SMILES string of the molecule is NC(=O)C1C(F)=CC=CC1(F)C(=O)Nc1ccc(Cl)cc1. The van der Waals surface area contributed by atoms with E-state index in [1.807, 2.05) is 0 Å². The molecule has 0 aliphatic heterocycles. The molecule has 1 aromatic rings. The number of benzene rings is 1. The number of anilines is 1. The molecular formula is C14H11ClF2N2O2. The van der Waals surface area contributed by atoms with Gasteiger partial charge in [0.2, 0.25) is 11.6 Å². The lowest BCUT2D eigenvalue weighted by molar-refractivity contribution is -0.135. The Morgan fingerprint density at radius 1 is 1.29 bits per heavy atom. The molecule has 2 rings (SSSR count). The molecule has 2 atom stereocenters. The van der Waals surface area contributed by atoms with Crippen LogP contribution >= 0.6 is 11.6 Å². The molecule has 7 heteroatoms. The summed E-state index contributed by atoms with van der Waals surface area (Å²) in [4.78, 5) is 23.3. The average molecular weight is 313 g/mol. The Hall–Kier alpha value is -2.21. The predicted octanol–water partition coefficient (Wildman–Crippen LogP) is 2.51. The van der Waals surface area contributed by atoms with Crippen LogP contribution in [-0.2, 0) is 9.59 Å². The van der Waals surface area contributed by atoms with Crippen LogP contribution in [0.15, 0.2) is 48.3 Å². The van der Waals surface area contributed by atoms with Crippen LogP contribution < -0.4 is 11.1 Å². The Morgan fingerprint density at radius 2 is 1.90 bits per heavy atom. The number of nitrogens with two attached hydrogens (primary N) is 1. The van der Waals surface area contributed by atoms with Crippen LogP contribution in [0.5, 0.6) is 0 Å². The second-order valence-corrected chi connectivity index (χ2v) is 4.91. The zero-order valence-electron chi connectivity index (χ0n) is 10.6. The molecule has 0 saturated heterocycles. The third-order valence-corrected chi connectivity index (χ3v) is 3.28. The molecule has 3 N–H and O–H groups in total. The maximum atomic E-state index is 14.8. The van der Waals surface area contributed by atoms with Crippen LogP contribution in [-0.4, -0.2) is 17.5 Å². The third-order valence-electron chi connectivity index (χ3n) is 3.02. The van der Waals surface area contributed by atoms with Crippen molar-refractivity contribution in [1.29, 1.82) is 0 Å². The van der Waals surface area contributed by atoms with Crippen LogP contribution in [0, 0.1) is 5.92 Å². The first-order valence-corrected chi connectivity index (χ1v) is 6.32. The van der Waals surface area contributed by atoms with Gasteiger partial charge in [0.1, 0.15) is 11.7 Å². The number of rotatable bonds is 3. The molecular weight excluding hydrogens is 302 g/mol. The lowest BCUT2D eigenvalue weighted by Gasteiger charge is -2.28. The molecule has 0 heterocycles. The highest BCUT2D eigenvalue weighted by molar-refractivity contribution is 6.30. The molecule has 2 amide bonds. The van der Waals surface area contributed by atoms with Gasteiger partial charge in [-0.3, -0.25) is 9.59 Å². The van der Waals surface area contributed by atoms with E-state index in [0.717, 1.165) is 18.2 Å². The highest BCUT2D eigenvalue weighted by atomic mass is 35.5. The van der Waals surface area contributed by atoms with Crippen molar-refractivity contribution in [2.24, 2.45) is 11.7 Å². The number of carbonyl (C=O) groups excluding carboxylic acids is 2. The fraction of sp³-hybridized carbons (Fsp3) is 0.143. The summed E-state index contributed by atoms with van der Waals surface area (Å²) in [6.07, 6.45) is 2.72. The number of halogens is 3. The van der Waals surface area contributed by atoms with Gasteiger partial charge in [0.15, 0.2) is 0 Å². The number of carbonyl (C=O) groups is 2. The topological polar surface area (TPSA) is 72.2 Å². The number of amides is 2. The summed E-state index contributed by atoms with van der Waals surface area (Å²) >= 11 is 5.69. The number of hydrogen-bond acceptors (Lipinski definition) is 2. The molecule has 0 bridgehead atoms. The zero-order valence-corrected chi connectivity index (χ0v) is 11.4. The molecule has 1 aliphatic rings. The second kappa shape index (κ2) is 5.65. The summed E-state index contributed by atoms with van der Waals surface area (Å²) in [5, 5.41) is 2.69. The van der Waals surface area contributed by atoms with Crippen molar-refractivity contribution in [3.63, 3.8) is 0 Å².